The van der Waals surface area contributed by atoms with Gasteiger partial charge in [0.25, 0.3) is 0 Å². The fraction of sp³-hybridized carbons (Fsp3) is 0.0270. The molecule has 0 spiro atoms. The Bertz CT molecular complexity index is 1930. The quantitative estimate of drug-likeness (QED) is 0.237. The molecule has 0 amide bonds. The highest BCUT2D eigenvalue weighted by Gasteiger charge is 2.46. The number of hydrogen-bond acceptors (Lipinski definition) is 2. The molecule has 188 valence electrons. The van der Waals surface area contributed by atoms with E-state index in [1.807, 2.05) is 30.6 Å². The van der Waals surface area contributed by atoms with Crippen LogP contribution in [0.4, 0.5) is 0 Å². The Hall–Kier alpha value is -5.28. The lowest BCUT2D eigenvalue weighted by atomic mass is 9.67. The summed E-state index contributed by atoms with van der Waals surface area (Å²) in [5, 5.41) is 1.20. The van der Waals surface area contributed by atoms with Gasteiger partial charge in [-0.1, -0.05) is 121 Å². The molecule has 5 aromatic carbocycles. The molecule has 7 aromatic rings. The van der Waals surface area contributed by atoms with E-state index in [2.05, 4.69) is 126 Å². The van der Waals surface area contributed by atoms with Crippen LogP contribution >= 0.6 is 0 Å². The summed E-state index contributed by atoms with van der Waals surface area (Å²) in [6.45, 7) is 0. The predicted molar refractivity (Wildman–Crippen MR) is 162 cm³/mol. The van der Waals surface area contributed by atoms with Gasteiger partial charge in [0, 0.05) is 29.5 Å². The first-order valence-corrected chi connectivity index (χ1v) is 13.6. The van der Waals surface area contributed by atoms with Crippen LogP contribution in [0.5, 0.6) is 0 Å². The van der Waals surface area contributed by atoms with Crippen LogP contribution in [0.2, 0.25) is 0 Å². The van der Waals surface area contributed by atoms with E-state index in [4.69, 9.17) is 9.97 Å². The van der Waals surface area contributed by atoms with Gasteiger partial charge in [-0.3, -0.25) is 4.57 Å². The standard InChI is InChI=1S/C37H25N3/c1-4-12-26(13-5-1)27-24-38-36(39-25-27)40-23-22-31-34(40)21-20-33-35(31)30-18-10-11-19-32(30)37(33,28-14-6-2-7-15-28)29-16-8-3-9-17-29/h1-25H. The van der Waals surface area contributed by atoms with Gasteiger partial charge < -0.3 is 0 Å². The molecule has 1 aliphatic rings. The monoisotopic (exact) mass is 511 g/mol. The molecule has 0 fully saturated rings. The summed E-state index contributed by atoms with van der Waals surface area (Å²) in [5.74, 6) is 0.665. The summed E-state index contributed by atoms with van der Waals surface area (Å²) in [7, 11) is 0. The summed E-state index contributed by atoms with van der Waals surface area (Å²) < 4.78 is 2.10. The molecule has 1 aliphatic carbocycles. The topological polar surface area (TPSA) is 30.7 Å². The smallest absolute Gasteiger partial charge is 0.234 e. The second-order valence-corrected chi connectivity index (χ2v) is 10.3. The number of fused-ring (bicyclic) bond motifs is 5. The maximum Gasteiger partial charge on any atom is 0.234 e. The molecule has 3 nitrogen and oxygen atoms in total. The van der Waals surface area contributed by atoms with Gasteiger partial charge in [0.15, 0.2) is 0 Å². The lowest BCUT2D eigenvalue weighted by molar-refractivity contribution is 0.769. The van der Waals surface area contributed by atoms with Gasteiger partial charge in [-0.05, 0) is 51.1 Å². The Morgan fingerprint density at radius 3 is 1.77 bits per heavy atom. The first kappa shape index (κ1) is 22.7. The summed E-state index contributed by atoms with van der Waals surface area (Å²) in [6.07, 6.45) is 5.90. The van der Waals surface area contributed by atoms with Crippen LogP contribution in [0.25, 0.3) is 39.1 Å². The van der Waals surface area contributed by atoms with Gasteiger partial charge in [0.05, 0.1) is 10.9 Å². The van der Waals surface area contributed by atoms with Gasteiger partial charge in [-0.2, -0.15) is 0 Å². The van der Waals surface area contributed by atoms with Crippen LogP contribution in [0, 0.1) is 0 Å². The minimum atomic E-state index is -0.404. The fourth-order valence-corrected chi connectivity index (χ4v) is 6.56. The van der Waals surface area contributed by atoms with Crippen molar-refractivity contribution in [2.24, 2.45) is 0 Å². The Morgan fingerprint density at radius 2 is 1.10 bits per heavy atom. The lowest BCUT2D eigenvalue weighted by Gasteiger charge is -2.33. The number of benzene rings is 5. The van der Waals surface area contributed by atoms with Crippen LogP contribution < -0.4 is 0 Å². The summed E-state index contributed by atoms with van der Waals surface area (Å²) in [6, 6.07) is 47.7. The van der Waals surface area contributed by atoms with Crippen molar-refractivity contribution in [2.75, 3.05) is 0 Å². The van der Waals surface area contributed by atoms with Crippen molar-refractivity contribution in [2.45, 2.75) is 5.41 Å². The number of nitrogens with zero attached hydrogens (tertiary/aromatic N) is 3. The Morgan fingerprint density at radius 1 is 0.500 bits per heavy atom. The molecule has 0 N–H and O–H groups in total. The van der Waals surface area contributed by atoms with Crippen LogP contribution in [-0.2, 0) is 5.41 Å². The molecule has 3 heteroatoms. The molecule has 0 saturated heterocycles. The molecule has 0 radical (unpaired) electrons. The molecule has 40 heavy (non-hydrogen) atoms. The second kappa shape index (κ2) is 8.89. The van der Waals surface area contributed by atoms with Gasteiger partial charge >= 0.3 is 0 Å². The minimum Gasteiger partial charge on any atom is -0.285 e. The third-order valence-corrected chi connectivity index (χ3v) is 8.25. The van der Waals surface area contributed by atoms with Crippen molar-refractivity contribution in [3.8, 4) is 28.2 Å². The SMILES string of the molecule is c1ccc(-c2cnc(-n3ccc4c5c(ccc43)C(c3ccccc3)(c3ccccc3)c3ccccc3-5)nc2)cc1. The molecule has 8 rings (SSSR count). The Labute approximate surface area is 233 Å². The normalized spacial score (nSPS) is 13.2. The minimum absolute atomic E-state index is 0.404. The second-order valence-electron chi connectivity index (χ2n) is 10.3. The summed E-state index contributed by atoms with van der Waals surface area (Å²) >= 11 is 0. The van der Waals surface area contributed by atoms with Crippen molar-refractivity contribution in [1.29, 1.82) is 0 Å². The van der Waals surface area contributed by atoms with Crippen LogP contribution in [0.3, 0.4) is 0 Å². The van der Waals surface area contributed by atoms with Crippen molar-refractivity contribution >= 4 is 10.9 Å². The van der Waals surface area contributed by atoms with Gasteiger partial charge in [-0.25, -0.2) is 9.97 Å². The van der Waals surface area contributed by atoms with Gasteiger partial charge in [0.1, 0.15) is 0 Å². The van der Waals surface area contributed by atoms with E-state index in [0.717, 1.165) is 16.6 Å². The predicted octanol–water partition coefficient (Wildman–Crippen LogP) is 8.45. The largest absolute Gasteiger partial charge is 0.285 e. The van der Waals surface area contributed by atoms with Crippen molar-refractivity contribution in [3.05, 3.63) is 174 Å². The first-order chi connectivity index (χ1) is 19.9. The lowest BCUT2D eigenvalue weighted by Crippen LogP contribution is -2.28. The average molecular weight is 512 g/mol. The third kappa shape index (κ3) is 3.18. The van der Waals surface area contributed by atoms with Crippen molar-refractivity contribution in [1.82, 2.24) is 14.5 Å². The average Bonchev–Trinajstić information content (AvgIpc) is 3.60. The van der Waals surface area contributed by atoms with Crippen LogP contribution in [0.1, 0.15) is 22.3 Å². The maximum atomic E-state index is 4.76. The van der Waals surface area contributed by atoms with Crippen molar-refractivity contribution < 1.29 is 0 Å². The highest BCUT2D eigenvalue weighted by atomic mass is 15.1. The van der Waals surface area contributed by atoms with Gasteiger partial charge in [0.2, 0.25) is 5.95 Å². The highest BCUT2D eigenvalue weighted by Crippen LogP contribution is 2.57. The molecule has 0 unspecified atom stereocenters. The van der Waals surface area contributed by atoms with Gasteiger partial charge in [-0.15, -0.1) is 0 Å². The molecule has 2 aromatic heterocycles. The number of rotatable bonds is 4. The zero-order valence-electron chi connectivity index (χ0n) is 21.8. The van der Waals surface area contributed by atoms with E-state index in [9.17, 15) is 0 Å². The zero-order chi connectivity index (χ0) is 26.5. The molecular formula is C37H25N3. The van der Waals surface area contributed by atoms with E-state index >= 15 is 0 Å². The molecular weight excluding hydrogens is 486 g/mol. The maximum absolute atomic E-state index is 4.76. The number of aromatic nitrogens is 3. The molecule has 2 heterocycles. The van der Waals surface area contributed by atoms with E-state index in [1.165, 1.54) is 38.8 Å². The van der Waals surface area contributed by atoms with E-state index in [1.54, 1.807) is 0 Å². The van der Waals surface area contributed by atoms with Crippen LogP contribution in [-0.4, -0.2) is 14.5 Å². The number of hydrogen-bond donors (Lipinski definition) is 0. The summed E-state index contributed by atoms with van der Waals surface area (Å²) in [5.41, 5.74) is 10.5. The fourth-order valence-electron chi connectivity index (χ4n) is 6.56. The first-order valence-electron chi connectivity index (χ1n) is 13.6. The van der Waals surface area contributed by atoms with Crippen molar-refractivity contribution in [3.63, 3.8) is 0 Å². The Kier molecular flexibility index (Phi) is 5.04. The summed E-state index contributed by atoms with van der Waals surface area (Å²) in [4.78, 5) is 9.52. The molecule has 0 saturated carbocycles. The van der Waals surface area contributed by atoms with Crippen LogP contribution in [0.15, 0.2) is 152 Å². The zero-order valence-corrected chi connectivity index (χ0v) is 21.8. The molecule has 0 atom stereocenters. The highest BCUT2D eigenvalue weighted by molar-refractivity contribution is 6.03. The van der Waals surface area contributed by atoms with E-state index < -0.39 is 5.41 Å². The van der Waals surface area contributed by atoms with E-state index in [-0.39, 0.29) is 0 Å². The molecule has 0 aliphatic heterocycles. The Balaban J connectivity index is 1.36. The third-order valence-electron chi connectivity index (χ3n) is 8.25. The van der Waals surface area contributed by atoms with E-state index in [0.29, 0.717) is 5.95 Å². The molecule has 0 bridgehead atoms.